The van der Waals surface area contributed by atoms with Crippen molar-refractivity contribution in [1.82, 2.24) is 14.3 Å². The van der Waals surface area contributed by atoms with Crippen molar-refractivity contribution in [3.8, 4) is 11.3 Å². The minimum Gasteiger partial charge on any atom is -0.477 e. The van der Waals surface area contributed by atoms with Crippen LogP contribution in [0.15, 0.2) is 41.3 Å². The summed E-state index contributed by atoms with van der Waals surface area (Å²) in [6.45, 7) is 2.27. The molecule has 0 spiro atoms. The summed E-state index contributed by atoms with van der Waals surface area (Å²) in [5.74, 6) is -1.37. The van der Waals surface area contributed by atoms with Gasteiger partial charge in [0, 0.05) is 43.2 Å². The monoisotopic (exact) mass is 478 g/mol. The van der Waals surface area contributed by atoms with Crippen LogP contribution in [0.2, 0.25) is 10.0 Å². The quantitative estimate of drug-likeness (QED) is 0.512. The van der Waals surface area contributed by atoms with Gasteiger partial charge in [0.25, 0.3) is 5.91 Å². The van der Waals surface area contributed by atoms with Gasteiger partial charge in [-0.15, -0.1) is 0 Å². The maximum atomic E-state index is 12.8. The molecule has 2 aromatic heterocycles. The lowest BCUT2D eigenvalue weighted by molar-refractivity contribution is -0.119. The minimum absolute atomic E-state index is 0.105. The van der Waals surface area contributed by atoms with Gasteiger partial charge in [-0.2, -0.15) is 5.10 Å². The number of anilines is 1. The number of aromatic carboxylic acids is 1. The molecule has 168 valence electrons. The molecule has 3 aromatic rings. The fourth-order valence-corrected chi connectivity index (χ4v) is 3.63. The predicted molar refractivity (Wildman–Crippen MR) is 121 cm³/mol. The first-order chi connectivity index (χ1) is 15.2. The zero-order chi connectivity index (χ0) is 23.4. The summed E-state index contributed by atoms with van der Waals surface area (Å²) in [4.78, 5) is 36.4. The lowest BCUT2D eigenvalue weighted by Crippen LogP contribution is -2.24. The second-order valence-corrected chi connectivity index (χ2v) is 7.60. The first-order valence-corrected chi connectivity index (χ1v) is 10.3. The second-order valence-electron chi connectivity index (χ2n) is 6.78. The summed E-state index contributed by atoms with van der Waals surface area (Å²) in [5, 5.41) is 17.1. The number of aromatic nitrogens is 3. The average Bonchev–Trinajstić information content (AvgIpc) is 3.16. The van der Waals surface area contributed by atoms with Crippen LogP contribution >= 0.6 is 23.2 Å². The smallest absolute Gasteiger partial charge is 0.341 e. The highest BCUT2D eigenvalue weighted by Crippen LogP contribution is 2.30. The molecule has 0 saturated carbocycles. The van der Waals surface area contributed by atoms with Gasteiger partial charge in [0.1, 0.15) is 12.2 Å². The van der Waals surface area contributed by atoms with Crippen molar-refractivity contribution in [1.29, 1.82) is 0 Å². The molecule has 0 atom stereocenters. The van der Waals surface area contributed by atoms with E-state index in [0.29, 0.717) is 28.6 Å². The number of carbonyl (C=O) groups excluding carboxylic acids is 1. The maximum absolute atomic E-state index is 12.8. The molecular weight excluding hydrogens is 459 g/mol. The fourth-order valence-electron chi connectivity index (χ4n) is 3.33. The Bertz CT molecular complexity index is 1240. The van der Waals surface area contributed by atoms with E-state index >= 15 is 0 Å². The van der Waals surface area contributed by atoms with Crippen LogP contribution in [0, 0.1) is 0 Å². The minimum atomic E-state index is -1.34. The fraction of sp³-hybridized carbons (Fsp3) is 0.238. The Morgan fingerprint density at radius 2 is 1.94 bits per heavy atom. The van der Waals surface area contributed by atoms with Crippen LogP contribution in [0.4, 0.5) is 5.82 Å². The highest BCUT2D eigenvalue weighted by atomic mass is 35.5. The van der Waals surface area contributed by atoms with Gasteiger partial charge in [-0.1, -0.05) is 29.3 Å². The molecule has 32 heavy (non-hydrogen) atoms. The van der Waals surface area contributed by atoms with E-state index < -0.39 is 11.4 Å². The van der Waals surface area contributed by atoms with Gasteiger partial charge >= 0.3 is 5.97 Å². The van der Waals surface area contributed by atoms with Gasteiger partial charge in [-0.3, -0.25) is 14.3 Å². The number of carboxylic acids is 1. The summed E-state index contributed by atoms with van der Waals surface area (Å²) < 4.78 is 8.02. The molecule has 0 aliphatic carbocycles. The number of pyridine rings is 1. The Balaban J connectivity index is 2.08. The number of hydrogen-bond donors (Lipinski definition) is 2. The number of halogens is 2. The van der Waals surface area contributed by atoms with Crippen LogP contribution in [-0.2, 0) is 22.6 Å². The van der Waals surface area contributed by atoms with E-state index in [-0.39, 0.29) is 35.3 Å². The summed E-state index contributed by atoms with van der Waals surface area (Å²) in [6.07, 6.45) is 1.64. The summed E-state index contributed by atoms with van der Waals surface area (Å²) in [5.41, 5.74) is 0.204. The standard InChI is InChI=1S/C21H20Cl2N4O5/c1-3-27-13(10-26-7-6-17(25-26)24-18(29)11-32-2)9-16(28)19(21(30)31)20(27)12-4-5-14(22)15(23)8-12/h4-9H,3,10-11H2,1-2H3,(H,30,31)(H,24,25,29). The number of ether oxygens (including phenoxy) is 1. The van der Waals surface area contributed by atoms with Crippen molar-refractivity contribution >= 4 is 40.9 Å². The molecule has 0 bridgehead atoms. The van der Waals surface area contributed by atoms with E-state index in [4.69, 9.17) is 27.9 Å². The van der Waals surface area contributed by atoms with Crippen molar-refractivity contribution in [3.05, 3.63) is 68.1 Å². The number of methoxy groups -OCH3 is 1. The van der Waals surface area contributed by atoms with Crippen LogP contribution in [-0.4, -0.2) is 45.0 Å². The number of hydrogen-bond acceptors (Lipinski definition) is 5. The Kier molecular flexibility index (Phi) is 7.34. The zero-order valence-electron chi connectivity index (χ0n) is 17.3. The highest BCUT2D eigenvalue weighted by molar-refractivity contribution is 6.42. The molecule has 0 aliphatic rings. The summed E-state index contributed by atoms with van der Waals surface area (Å²) in [6, 6.07) is 7.57. The molecule has 11 heteroatoms. The van der Waals surface area contributed by atoms with Crippen LogP contribution in [0.25, 0.3) is 11.3 Å². The first kappa shape index (κ1) is 23.5. The number of nitrogens with zero attached hydrogens (tertiary/aromatic N) is 3. The highest BCUT2D eigenvalue weighted by Gasteiger charge is 2.22. The third-order valence-corrected chi connectivity index (χ3v) is 5.37. The molecule has 2 N–H and O–H groups in total. The van der Waals surface area contributed by atoms with E-state index in [1.807, 2.05) is 6.92 Å². The van der Waals surface area contributed by atoms with Crippen LogP contribution in [0.5, 0.6) is 0 Å². The largest absolute Gasteiger partial charge is 0.477 e. The van der Waals surface area contributed by atoms with E-state index in [2.05, 4.69) is 10.4 Å². The molecule has 0 radical (unpaired) electrons. The third kappa shape index (κ3) is 5.01. The second kappa shape index (κ2) is 9.99. The van der Waals surface area contributed by atoms with Crippen LogP contribution in [0.3, 0.4) is 0 Å². The number of carboxylic acid groups (broad SMARTS) is 1. The van der Waals surface area contributed by atoms with E-state index in [1.54, 1.807) is 29.0 Å². The van der Waals surface area contributed by atoms with Crippen molar-refractivity contribution in [3.63, 3.8) is 0 Å². The molecule has 0 aliphatic heterocycles. The molecule has 1 aromatic carbocycles. The van der Waals surface area contributed by atoms with Gasteiger partial charge < -0.3 is 19.7 Å². The van der Waals surface area contributed by atoms with Gasteiger partial charge in [-0.05, 0) is 19.1 Å². The average molecular weight is 479 g/mol. The Morgan fingerprint density at radius 3 is 2.56 bits per heavy atom. The molecule has 3 rings (SSSR count). The summed E-state index contributed by atoms with van der Waals surface area (Å²) in [7, 11) is 1.41. The lowest BCUT2D eigenvalue weighted by atomic mass is 10.0. The predicted octanol–water partition coefficient (Wildman–Crippen LogP) is 3.37. The lowest BCUT2D eigenvalue weighted by Gasteiger charge is -2.20. The van der Waals surface area contributed by atoms with Crippen molar-refractivity contribution in [2.24, 2.45) is 0 Å². The number of rotatable bonds is 8. The molecule has 1 amide bonds. The Hall–Kier alpha value is -3.14. The number of amides is 1. The van der Waals surface area contributed by atoms with E-state index in [9.17, 15) is 19.5 Å². The normalized spacial score (nSPS) is 10.9. The summed E-state index contributed by atoms with van der Waals surface area (Å²) >= 11 is 12.1. The SMILES string of the molecule is CCn1c(Cn2ccc(NC(=O)COC)n2)cc(=O)c(C(=O)O)c1-c1ccc(Cl)c(Cl)c1. The van der Waals surface area contributed by atoms with Crippen molar-refractivity contribution in [2.45, 2.75) is 20.0 Å². The molecule has 0 saturated heterocycles. The Labute approximate surface area is 193 Å². The van der Waals surface area contributed by atoms with Crippen LogP contribution in [0.1, 0.15) is 23.0 Å². The zero-order valence-corrected chi connectivity index (χ0v) is 18.8. The first-order valence-electron chi connectivity index (χ1n) is 9.52. The third-order valence-electron chi connectivity index (χ3n) is 4.63. The topological polar surface area (TPSA) is 115 Å². The Morgan fingerprint density at radius 1 is 1.19 bits per heavy atom. The van der Waals surface area contributed by atoms with Gasteiger partial charge in [-0.25, -0.2) is 4.79 Å². The van der Waals surface area contributed by atoms with Gasteiger partial charge in [0.2, 0.25) is 0 Å². The van der Waals surface area contributed by atoms with E-state index in [0.717, 1.165) is 0 Å². The van der Waals surface area contributed by atoms with E-state index in [1.165, 1.54) is 23.9 Å². The van der Waals surface area contributed by atoms with Gasteiger partial charge in [0.05, 0.1) is 22.3 Å². The number of benzene rings is 1. The van der Waals surface area contributed by atoms with Gasteiger partial charge in [0.15, 0.2) is 11.2 Å². The number of nitrogens with one attached hydrogen (secondary N) is 1. The number of carbonyl (C=O) groups is 2. The van der Waals surface area contributed by atoms with Crippen molar-refractivity contribution < 1.29 is 19.4 Å². The van der Waals surface area contributed by atoms with Crippen LogP contribution < -0.4 is 10.7 Å². The molecule has 9 nitrogen and oxygen atoms in total. The molecule has 2 heterocycles. The van der Waals surface area contributed by atoms with Crippen molar-refractivity contribution in [2.75, 3.05) is 19.0 Å². The molecule has 0 unspecified atom stereocenters. The molecular formula is C21H20Cl2N4O5. The maximum Gasteiger partial charge on any atom is 0.341 e. The molecule has 0 fully saturated rings.